The zero-order valence-corrected chi connectivity index (χ0v) is 10.9. The standard InChI is InChI=1S/C14H18FN3/c1-10-4-5-12(6-14(10)15)11(2)18-8-13(7-16-3)17-9-18/h4-6,8-9,11,16H,7H2,1-3H3. The first kappa shape index (κ1) is 12.8. The van der Waals surface area contributed by atoms with E-state index in [-0.39, 0.29) is 11.9 Å². The molecule has 0 fully saturated rings. The van der Waals surface area contributed by atoms with Crippen LogP contribution in [0.25, 0.3) is 0 Å². The molecule has 3 nitrogen and oxygen atoms in total. The first-order chi connectivity index (χ1) is 8.61. The third-order valence-electron chi connectivity index (χ3n) is 3.14. The second-order valence-electron chi connectivity index (χ2n) is 4.53. The summed E-state index contributed by atoms with van der Waals surface area (Å²) in [6.07, 6.45) is 3.77. The lowest BCUT2D eigenvalue weighted by Gasteiger charge is -2.14. The summed E-state index contributed by atoms with van der Waals surface area (Å²) < 4.78 is 15.5. The number of hydrogen-bond acceptors (Lipinski definition) is 2. The van der Waals surface area contributed by atoms with Crippen molar-refractivity contribution >= 4 is 0 Å². The van der Waals surface area contributed by atoms with Gasteiger partial charge in [-0.3, -0.25) is 0 Å². The Bertz CT molecular complexity index is 534. The van der Waals surface area contributed by atoms with Crippen LogP contribution in [0.1, 0.15) is 29.8 Å². The van der Waals surface area contributed by atoms with Crippen molar-refractivity contribution in [3.05, 3.63) is 53.4 Å². The molecule has 0 amide bonds. The van der Waals surface area contributed by atoms with E-state index in [1.807, 2.05) is 36.9 Å². The summed E-state index contributed by atoms with van der Waals surface area (Å²) >= 11 is 0. The highest BCUT2D eigenvalue weighted by molar-refractivity contribution is 5.26. The van der Waals surface area contributed by atoms with Crippen molar-refractivity contribution in [2.45, 2.75) is 26.4 Å². The van der Waals surface area contributed by atoms with E-state index in [2.05, 4.69) is 10.3 Å². The SMILES string of the molecule is CNCc1cn(C(C)c2ccc(C)c(F)c2)cn1. The Hall–Kier alpha value is -1.68. The average Bonchev–Trinajstić information content (AvgIpc) is 2.81. The molecule has 0 radical (unpaired) electrons. The number of imidazole rings is 1. The Morgan fingerprint density at radius 3 is 2.89 bits per heavy atom. The maximum Gasteiger partial charge on any atom is 0.126 e. The summed E-state index contributed by atoms with van der Waals surface area (Å²) in [5, 5.41) is 3.06. The van der Waals surface area contributed by atoms with Crippen LogP contribution in [0.2, 0.25) is 0 Å². The number of nitrogens with one attached hydrogen (secondary N) is 1. The molecule has 2 aromatic rings. The van der Waals surface area contributed by atoms with E-state index in [4.69, 9.17) is 0 Å². The molecule has 96 valence electrons. The van der Waals surface area contributed by atoms with Crippen LogP contribution >= 0.6 is 0 Å². The molecule has 0 aliphatic rings. The summed E-state index contributed by atoms with van der Waals surface area (Å²) in [5.41, 5.74) is 2.61. The van der Waals surface area contributed by atoms with Crippen LogP contribution in [-0.4, -0.2) is 16.6 Å². The lowest BCUT2D eigenvalue weighted by Crippen LogP contribution is -2.07. The Morgan fingerprint density at radius 2 is 2.22 bits per heavy atom. The zero-order valence-electron chi connectivity index (χ0n) is 10.9. The number of aromatic nitrogens is 2. The van der Waals surface area contributed by atoms with Crippen LogP contribution in [0.3, 0.4) is 0 Å². The van der Waals surface area contributed by atoms with Gasteiger partial charge in [0, 0.05) is 12.7 Å². The fourth-order valence-corrected chi connectivity index (χ4v) is 1.90. The van der Waals surface area contributed by atoms with E-state index in [1.54, 1.807) is 19.3 Å². The predicted octanol–water partition coefficient (Wildman–Crippen LogP) is 2.66. The van der Waals surface area contributed by atoms with Gasteiger partial charge in [0.25, 0.3) is 0 Å². The largest absolute Gasteiger partial charge is 0.330 e. The number of aryl methyl sites for hydroxylation is 1. The Kier molecular flexibility index (Phi) is 3.77. The lowest BCUT2D eigenvalue weighted by molar-refractivity contribution is 0.597. The van der Waals surface area contributed by atoms with Crippen molar-refractivity contribution in [2.75, 3.05) is 7.05 Å². The maximum atomic E-state index is 13.5. The van der Waals surface area contributed by atoms with Crippen LogP contribution in [0.15, 0.2) is 30.7 Å². The molecule has 0 aliphatic heterocycles. The Balaban J connectivity index is 2.23. The molecule has 1 aromatic heterocycles. The van der Waals surface area contributed by atoms with Crippen molar-refractivity contribution < 1.29 is 4.39 Å². The molecule has 0 saturated heterocycles. The molecular weight excluding hydrogens is 229 g/mol. The van der Waals surface area contributed by atoms with E-state index in [0.717, 1.165) is 17.8 Å². The minimum atomic E-state index is -0.157. The van der Waals surface area contributed by atoms with Gasteiger partial charge in [0.2, 0.25) is 0 Å². The summed E-state index contributed by atoms with van der Waals surface area (Å²) in [4.78, 5) is 4.30. The molecule has 0 aliphatic carbocycles. The summed E-state index contributed by atoms with van der Waals surface area (Å²) in [5.74, 6) is -0.157. The minimum absolute atomic E-state index is 0.0817. The van der Waals surface area contributed by atoms with Crippen LogP contribution in [-0.2, 0) is 6.54 Å². The molecule has 1 atom stereocenters. The van der Waals surface area contributed by atoms with Crippen molar-refractivity contribution in [1.29, 1.82) is 0 Å². The van der Waals surface area contributed by atoms with Crippen molar-refractivity contribution in [2.24, 2.45) is 0 Å². The number of halogens is 1. The van der Waals surface area contributed by atoms with Gasteiger partial charge in [-0.2, -0.15) is 0 Å². The lowest BCUT2D eigenvalue weighted by atomic mass is 10.1. The minimum Gasteiger partial charge on any atom is -0.330 e. The normalized spacial score (nSPS) is 12.7. The number of rotatable bonds is 4. The van der Waals surface area contributed by atoms with E-state index in [0.29, 0.717) is 5.56 Å². The molecule has 0 bridgehead atoms. The van der Waals surface area contributed by atoms with Gasteiger partial charge in [-0.25, -0.2) is 9.37 Å². The second kappa shape index (κ2) is 5.31. The fourth-order valence-electron chi connectivity index (χ4n) is 1.90. The molecule has 0 saturated carbocycles. The van der Waals surface area contributed by atoms with E-state index in [9.17, 15) is 4.39 Å². The second-order valence-corrected chi connectivity index (χ2v) is 4.53. The van der Waals surface area contributed by atoms with E-state index in [1.165, 1.54) is 0 Å². The van der Waals surface area contributed by atoms with Gasteiger partial charge in [-0.15, -0.1) is 0 Å². The number of benzene rings is 1. The van der Waals surface area contributed by atoms with Gasteiger partial charge >= 0.3 is 0 Å². The van der Waals surface area contributed by atoms with Crippen molar-refractivity contribution in [1.82, 2.24) is 14.9 Å². The molecule has 18 heavy (non-hydrogen) atoms. The van der Waals surface area contributed by atoms with Crippen molar-refractivity contribution in [3.8, 4) is 0 Å². The fraction of sp³-hybridized carbons (Fsp3) is 0.357. The van der Waals surface area contributed by atoms with Crippen LogP contribution in [0.5, 0.6) is 0 Å². The molecular formula is C14H18FN3. The average molecular weight is 247 g/mol. The third-order valence-corrected chi connectivity index (χ3v) is 3.14. The molecule has 1 unspecified atom stereocenters. The first-order valence-electron chi connectivity index (χ1n) is 6.05. The Labute approximate surface area is 107 Å². The first-order valence-corrected chi connectivity index (χ1v) is 6.05. The highest BCUT2D eigenvalue weighted by atomic mass is 19.1. The summed E-state index contributed by atoms with van der Waals surface area (Å²) in [6.45, 7) is 4.54. The molecule has 2 rings (SSSR count). The molecule has 4 heteroatoms. The Morgan fingerprint density at radius 1 is 1.44 bits per heavy atom. The van der Waals surface area contributed by atoms with Gasteiger partial charge in [0.1, 0.15) is 5.82 Å². The van der Waals surface area contributed by atoms with Gasteiger partial charge in [-0.1, -0.05) is 12.1 Å². The quantitative estimate of drug-likeness (QED) is 0.900. The molecule has 1 heterocycles. The highest BCUT2D eigenvalue weighted by Crippen LogP contribution is 2.20. The zero-order chi connectivity index (χ0) is 13.1. The summed E-state index contributed by atoms with van der Waals surface area (Å²) in [6, 6.07) is 5.45. The smallest absolute Gasteiger partial charge is 0.126 e. The van der Waals surface area contributed by atoms with Crippen molar-refractivity contribution in [3.63, 3.8) is 0 Å². The van der Waals surface area contributed by atoms with Gasteiger partial charge in [0.15, 0.2) is 0 Å². The number of nitrogens with zero attached hydrogens (tertiary/aromatic N) is 2. The van der Waals surface area contributed by atoms with Crippen LogP contribution in [0, 0.1) is 12.7 Å². The maximum absolute atomic E-state index is 13.5. The predicted molar refractivity (Wildman–Crippen MR) is 69.9 cm³/mol. The summed E-state index contributed by atoms with van der Waals surface area (Å²) in [7, 11) is 1.89. The van der Waals surface area contributed by atoms with Gasteiger partial charge in [-0.05, 0) is 38.1 Å². The van der Waals surface area contributed by atoms with Gasteiger partial charge < -0.3 is 9.88 Å². The van der Waals surface area contributed by atoms with E-state index < -0.39 is 0 Å². The monoisotopic (exact) mass is 247 g/mol. The van der Waals surface area contributed by atoms with Gasteiger partial charge in [0.05, 0.1) is 18.1 Å². The van der Waals surface area contributed by atoms with Crippen LogP contribution in [0.4, 0.5) is 4.39 Å². The highest BCUT2D eigenvalue weighted by Gasteiger charge is 2.10. The topological polar surface area (TPSA) is 29.9 Å². The number of hydrogen-bond donors (Lipinski definition) is 1. The van der Waals surface area contributed by atoms with Crippen LogP contribution < -0.4 is 5.32 Å². The molecule has 1 N–H and O–H groups in total. The third kappa shape index (κ3) is 2.59. The molecule has 0 spiro atoms. The molecule has 1 aromatic carbocycles. The van der Waals surface area contributed by atoms with E-state index >= 15 is 0 Å².